The summed E-state index contributed by atoms with van der Waals surface area (Å²) in [7, 11) is -2.98. The minimum absolute atomic E-state index is 0.0611. The molecule has 1 saturated heterocycles. The van der Waals surface area contributed by atoms with Crippen LogP contribution < -0.4 is 4.72 Å². The van der Waals surface area contributed by atoms with E-state index in [9.17, 15) is 13.9 Å². The Kier molecular flexibility index (Phi) is 5.32. The van der Waals surface area contributed by atoms with Crippen LogP contribution in [0.2, 0.25) is 0 Å². The molecule has 0 radical (unpaired) electrons. The van der Waals surface area contributed by atoms with Crippen molar-refractivity contribution in [2.24, 2.45) is 10.9 Å². The van der Waals surface area contributed by atoms with Gasteiger partial charge in [-0.1, -0.05) is 23.8 Å². The maximum atomic E-state index is 13.0. The van der Waals surface area contributed by atoms with E-state index >= 15 is 0 Å². The van der Waals surface area contributed by atoms with Crippen molar-refractivity contribution in [3.05, 3.63) is 35.5 Å². The number of amidine groups is 1. The van der Waals surface area contributed by atoms with Crippen LogP contribution in [0.15, 0.2) is 29.3 Å². The van der Waals surface area contributed by atoms with Gasteiger partial charge in [0.15, 0.2) is 0 Å². The molecule has 9 heteroatoms. The number of esters is 1. The summed E-state index contributed by atoms with van der Waals surface area (Å²) in [5.74, 6) is 0.667. The third kappa shape index (κ3) is 3.84. The average Bonchev–Trinajstić information content (AvgIpc) is 3.08. The first kappa shape index (κ1) is 22.7. The Labute approximate surface area is 195 Å². The van der Waals surface area contributed by atoms with E-state index in [0.717, 1.165) is 36.8 Å². The highest BCUT2D eigenvalue weighted by molar-refractivity contribution is 8.23. The van der Waals surface area contributed by atoms with Crippen molar-refractivity contribution in [1.29, 1.82) is 0 Å². The van der Waals surface area contributed by atoms with E-state index in [1.807, 2.05) is 10.6 Å². The normalized spacial score (nSPS) is 31.0. The summed E-state index contributed by atoms with van der Waals surface area (Å²) in [6, 6.07) is 8.31. The number of nitrogens with zero attached hydrogens (tertiary/aromatic N) is 2. The molecule has 2 fully saturated rings. The molecule has 3 heterocycles. The van der Waals surface area contributed by atoms with E-state index < -0.39 is 16.3 Å². The molecule has 5 rings (SSSR count). The van der Waals surface area contributed by atoms with Gasteiger partial charge in [0, 0.05) is 17.5 Å². The summed E-state index contributed by atoms with van der Waals surface area (Å²) in [6.07, 6.45) is 2.67. The molecule has 33 heavy (non-hydrogen) atoms. The molecule has 1 aromatic carbocycles. The van der Waals surface area contributed by atoms with Crippen LogP contribution in [0.5, 0.6) is 0 Å². The standard InChI is InChI=1S/C24H33N3O5S/c1-5-31-21(28)20-11-18-10-16(17-8-9-32-23(3,4)13-17)6-7-19(18)27(20)24(12-15(24)2)22-25-14-33(29,30)26-22/h6-7,10-11,15,17,29-30H,5,8-9,12-14H2,1-4H3,(H,25,26)/t15-,17-,24-/m0/s1. The largest absolute Gasteiger partial charge is 0.461 e. The molecule has 3 aliphatic rings. The van der Waals surface area contributed by atoms with Gasteiger partial charge in [0.25, 0.3) is 0 Å². The molecule has 1 aliphatic carbocycles. The van der Waals surface area contributed by atoms with Crippen LogP contribution in [-0.4, -0.2) is 50.2 Å². The van der Waals surface area contributed by atoms with Crippen molar-refractivity contribution >= 4 is 33.5 Å². The molecule has 2 aromatic rings. The third-order valence-corrected chi connectivity index (χ3v) is 8.23. The number of nitrogens with one attached hydrogen (secondary N) is 1. The molecular weight excluding hydrogens is 442 g/mol. The zero-order chi connectivity index (χ0) is 23.6. The minimum atomic E-state index is -2.98. The number of aromatic nitrogens is 1. The maximum Gasteiger partial charge on any atom is 0.355 e. The zero-order valence-corrected chi connectivity index (χ0v) is 20.4. The lowest BCUT2D eigenvalue weighted by molar-refractivity contribution is -0.0592. The molecule has 0 unspecified atom stereocenters. The van der Waals surface area contributed by atoms with E-state index in [1.165, 1.54) is 5.56 Å². The van der Waals surface area contributed by atoms with Gasteiger partial charge in [-0.05, 0) is 75.6 Å². The molecule has 3 atom stereocenters. The molecule has 0 amide bonds. The van der Waals surface area contributed by atoms with Gasteiger partial charge in [0.05, 0.1) is 12.2 Å². The zero-order valence-electron chi connectivity index (χ0n) is 19.6. The second kappa shape index (κ2) is 7.73. The molecule has 0 bridgehead atoms. The molecule has 180 valence electrons. The van der Waals surface area contributed by atoms with E-state index in [-0.39, 0.29) is 30.0 Å². The van der Waals surface area contributed by atoms with Crippen molar-refractivity contribution in [3.63, 3.8) is 0 Å². The minimum Gasteiger partial charge on any atom is -0.461 e. The third-order valence-electron chi connectivity index (χ3n) is 7.22. The number of carbonyl (C=O) groups excluding carboxylic acids is 1. The molecule has 8 nitrogen and oxygen atoms in total. The number of hydrogen-bond acceptors (Lipinski definition) is 7. The highest BCUT2D eigenvalue weighted by Crippen LogP contribution is 2.56. The van der Waals surface area contributed by atoms with Crippen molar-refractivity contribution in [1.82, 2.24) is 9.29 Å². The maximum absolute atomic E-state index is 13.0. The molecule has 3 N–H and O–H groups in total. The fraction of sp³-hybridized carbons (Fsp3) is 0.583. The summed E-state index contributed by atoms with van der Waals surface area (Å²) in [4.78, 5) is 17.5. The number of ether oxygens (including phenoxy) is 2. The van der Waals surface area contributed by atoms with E-state index in [0.29, 0.717) is 17.4 Å². The first-order valence-electron chi connectivity index (χ1n) is 11.6. The Bertz CT molecular complexity index is 1140. The summed E-state index contributed by atoms with van der Waals surface area (Å²) in [6.45, 7) is 9.17. The van der Waals surface area contributed by atoms with Crippen molar-refractivity contribution in [2.75, 3.05) is 19.1 Å². The van der Waals surface area contributed by atoms with Gasteiger partial charge >= 0.3 is 5.97 Å². The van der Waals surface area contributed by atoms with Gasteiger partial charge in [-0.15, -0.1) is 0 Å². The van der Waals surface area contributed by atoms with Gasteiger partial charge in [-0.3, -0.25) is 13.8 Å². The number of hydrogen-bond donors (Lipinski definition) is 3. The van der Waals surface area contributed by atoms with Crippen molar-refractivity contribution in [3.8, 4) is 0 Å². The molecule has 0 spiro atoms. The lowest BCUT2D eigenvalue weighted by Crippen LogP contribution is -2.39. The smallest absolute Gasteiger partial charge is 0.355 e. The topological polar surface area (TPSA) is 105 Å². The average molecular weight is 476 g/mol. The van der Waals surface area contributed by atoms with Crippen LogP contribution >= 0.6 is 10.8 Å². The summed E-state index contributed by atoms with van der Waals surface area (Å²) in [5.41, 5.74) is 1.86. The fourth-order valence-electron chi connectivity index (χ4n) is 5.54. The lowest BCUT2D eigenvalue weighted by Gasteiger charge is -2.35. The van der Waals surface area contributed by atoms with Crippen LogP contribution in [0, 0.1) is 5.92 Å². The van der Waals surface area contributed by atoms with Crippen LogP contribution in [0.4, 0.5) is 0 Å². The molecule has 2 aliphatic heterocycles. The quantitative estimate of drug-likeness (QED) is 0.534. The van der Waals surface area contributed by atoms with Crippen molar-refractivity contribution in [2.45, 2.75) is 64.0 Å². The Morgan fingerprint density at radius 2 is 2.09 bits per heavy atom. The first-order valence-corrected chi connectivity index (χ1v) is 13.3. The number of rotatable bonds is 5. The van der Waals surface area contributed by atoms with E-state index in [4.69, 9.17) is 9.47 Å². The number of aliphatic imine (C=N–C) groups is 1. The van der Waals surface area contributed by atoms with Crippen LogP contribution in [0.1, 0.15) is 68.9 Å². The fourth-order valence-corrected chi connectivity index (χ4v) is 6.47. The van der Waals surface area contributed by atoms with Crippen LogP contribution in [-0.2, 0) is 15.0 Å². The van der Waals surface area contributed by atoms with E-state index in [1.54, 1.807) is 6.92 Å². The van der Waals surface area contributed by atoms with E-state index in [2.05, 4.69) is 48.7 Å². The van der Waals surface area contributed by atoms with Gasteiger partial charge in [-0.2, -0.15) is 0 Å². The second-order valence-electron chi connectivity index (χ2n) is 10.1. The molecular formula is C24H33N3O5S. The van der Waals surface area contributed by atoms with Gasteiger partial charge in [0.2, 0.25) is 0 Å². The van der Waals surface area contributed by atoms with Crippen molar-refractivity contribution < 1.29 is 23.4 Å². The predicted molar refractivity (Wildman–Crippen MR) is 130 cm³/mol. The molecule has 1 saturated carbocycles. The SMILES string of the molecule is CCOC(=O)c1cc2cc([C@H]3CCOC(C)(C)C3)ccc2n1[C@@]1(C2=NCS(O)(O)N2)C[C@@H]1C. The second-order valence-corrected chi connectivity index (χ2v) is 11.9. The first-order chi connectivity index (χ1) is 15.6. The Balaban J connectivity index is 1.61. The highest BCUT2D eigenvalue weighted by atomic mass is 32.3. The highest BCUT2D eigenvalue weighted by Gasteiger charge is 2.60. The Hall–Kier alpha value is -2.07. The summed E-state index contributed by atoms with van der Waals surface area (Å²) >= 11 is 0. The number of carbonyl (C=O) groups is 1. The van der Waals surface area contributed by atoms with Gasteiger partial charge in [0.1, 0.15) is 22.9 Å². The number of benzene rings is 1. The Morgan fingerprint density at radius 1 is 1.33 bits per heavy atom. The molecule has 1 aromatic heterocycles. The van der Waals surface area contributed by atoms with Crippen LogP contribution in [0.25, 0.3) is 10.9 Å². The predicted octanol–water partition coefficient (Wildman–Crippen LogP) is 4.85. The lowest BCUT2D eigenvalue weighted by atomic mass is 9.83. The Morgan fingerprint density at radius 3 is 2.70 bits per heavy atom. The van der Waals surface area contributed by atoms with Gasteiger partial charge < -0.3 is 14.0 Å². The monoisotopic (exact) mass is 475 g/mol. The van der Waals surface area contributed by atoms with Crippen LogP contribution in [0.3, 0.4) is 0 Å². The summed E-state index contributed by atoms with van der Waals surface area (Å²) in [5, 5.41) is 0.975. The number of fused-ring (bicyclic) bond motifs is 1. The summed E-state index contributed by atoms with van der Waals surface area (Å²) < 4.78 is 36.4. The van der Waals surface area contributed by atoms with Gasteiger partial charge in [-0.25, -0.2) is 9.79 Å².